The monoisotopic (exact) mass is 634 g/mol. The van der Waals surface area contributed by atoms with Crippen molar-refractivity contribution >= 4 is 16.0 Å². The van der Waals surface area contributed by atoms with E-state index in [1.807, 2.05) is 13.8 Å². The number of carboxylic acids is 1. The Labute approximate surface area is 257 Å². The van der Waals surface area contributed by atoms with Crippen molar-refractivity contribution in [1.29, 1.82) is 0 Å². The predicted octanol–water partition coefficient (Wildman–Crippen LogP) is 6.11. The standard InChI is InChI=1S/C33H41F3N2O5S/c1-22(2)25-12-9-24(10-13-25)19-32(3,4)37-20-29(39)21-38(5)44(42,43)30-17-27(16-28(18-30)33(34,35)36)26-8-6-7-23(15-26)11-14-31(40)41/h6-10,12-13,15-18,22,29,37,39H,11,14,19-21H2,1-5H3,(H,40,41)/t29-/m1/s1. The highest BCUT2D eigenvalue weighted by Crippen LogP contribution is 2.35. The summed E-state index contributed by atoms with van der Waals surface area (Å²) in [5.74, 6) is -0.592. The molecule has 11 heteroatoms. The fraction of sp³-hybridized carbons (Fsp3) is 0.424. The highest BCUT2D eigenvalue weighted by molar-refractivity contribution is 7.89. The molecule has 0 spiro atoms. The molecular weight excluding hydrogens is 593 g/mol. The Bertz CT molecular complexity index is 1540. The second kappa shape index (κ2) is 14.2. The quantitative estimate of drug-likeness (QED) is 0.198. The maximum atomic E-state index is 13.9. The molecule has 3 aromatic rings. The summed E-state index contributed by atoms with van der Waals surface area (Å²) >= 11 is 0. The fourth-order valence-electron chi connectivity index (χ4n) is 4.86. The van der Waals surface area contributed by atoms with Gasteiger partial charge < -0.3 is 15.5 Å². The maximum absolute atomic E-state index is 13.9. The van der Waals surface area contributed by atoms with Gasteiger partial charge in [-0.1, -0.05) is 62.4 Å². The van der Waals surface area contributed by atoms with Gasteiger partial charge in [-0.05, 0) is 78.6 Å². The first-order valence-corrected chi connectivity index (χ1v) is 15.8. The van der Waals surface area contributed by atoms with Crippen molar-refractivity contribution in [3.05, 3.63) is 89.0 Å². The number of nitrogens with one attached hydrogen (secondary N) is 1. The van der Waals surface area contributed by atoms with Crippen molar-refractivity contribution in [2.75, 3.05) is 20.1 Å². The van der Waals surface area contributed by atoms with Crippen molar-refractivity contribution in [3.63, 3.8) is 0 Å². The van der Waals surface area contributed by atoms with Crippen molar-refractivity contribution in [1.82, 2.24) is 9.62 Å². The average molecular weight is 635 g/mol. The molecule has 0 amide bonds. The number of carbonyl (C=O) groups is 1. The summed E-state index contributed by atoms with van der Waals surface area (Å²) in [5.41, 5.74) is 1.72. The minimum atomic E-state index is -4.82. The highest BCUT2D eigenvalue weighted by Gasteiger charge is 2.34. The summed E-state index contributed by atoms with van der Waals surface area (Å²) in [4.78, 5) is 10.4. The van der Waals surface area contributed by atoms with Gasteiger partial charge in [0, 0.05) is 32.1 Å². The van der Waals surface area contributed by atoms with Crippen LogP contribution in [0.3, 0.4) is 0 Å². The fourth-order valence-corrected chi connectivity index (χ4v) is 6.14. The third kappa shape index (κ3) is 9.88. The van der Waals surface area contributed by atoms with Gasteiger partial charge >= 0.3 is 12.1 Å². The highest BCUT2D eigenvalue weighted by atomic mass is 32.2. The topological polar surface area (TPSA) is 107 Å². The van der Waals surface area contributed by atoms with Crippen molar-refractivity contribution in [2.45, 2.75) is 75.6 Å². The molecule has 0 bridgehead atoms. The molecule has 3 aromatic carbocycles. The number of β-amino-alcohol motifs (C(OH)–C–C–N with tert-alkyl or cyclic N) is 1. The molecule has 240 valence electrons. The van der Waals surface area contributed by atoms with Gasteiger partial charge in [0.05, 0.1) is 16.6 Å². The molecule has 0 unspecified atom stereocenters. The first-order chi connectivity index (χ1) is 20.4. The van der Waals surface area contributed by atoms with Gasteiger partial charge in [-0.25, -0.2) is 8.42 Å². The Balaban J connectivity index is 1.76. The third-order valence-corrected chi connectivity index (χ3v) is 9.21. The Morgan fingerprint density at radius 1 is 0.955 bits per heavy atom. The summed E-state index contributed by atoms with van der Waals surface area (Å²) in [6.45, 7) is 7.90. The van der Waals surface area contributed by atoms with E-state index in [2.05, 4.69) is 43.4 Å². The van der Waals surface area contributed by atoms with E-state index >= 15 is 0 Å². The van der Waals surface area contributed by atoms with Crippen LogP contribution in [0.5, 0.6) is 0 Å². The number of likely N-dealkylation sites (N-methyl/N-ethyl adjacent to an activating group) is 1. The normalized spacial score (nSPS) is 13.4. The van der Waals surface area contributed by atoms with Gasteiger partial charge in [-0.2, -0.15) is 17.5 Å². The van der Waals surface area contributed by atoms with Gasteiger partial charge in [0.1, 0.15) is 0 Å². The zero-order valence-corrected chi connectivity index (χ0v) is 26.5. The van der Waals surface area contributed by atoms with Crippen LogP contribution in [0.1, 0.15) is 62.3 Å². The zero-order chi connectivity index (χ0) is 32.9. The number of alkyl halides is 3. The van der Waals surface area contributed by atoms with Crippen LogP contribution < -0.4 is 5.32 Å². The Morgan fingerprint density at radius 3 is 2.20 bits per heavy atom. The van der Waals surface area contributed by atoms with E-state index in [0.29, 0.717) is 29.5 Å². The molecule has 3 N–H and O–H groups in total. The molecule has 0 aliphatic rings. The molecule has 0 heterocycles. The molecule has 7 nitrogen and oxygen atoms in total. The second-order valence-corrected chi connectivity index (χ2v) is 14.2. The number of carboxylic acid groups (broad SMARTS) is 1. The van der Waals surface area contributed by atoms with E-state index in [-0.39, 0.29) is 31.5 Å². The Kier molecular flexibility index (Phi) is 11.4. The number of rotatable bonds is 14. The van der Waals surface area contributed by atoms with Crippen LogP contribution in [0.15, 0.2) is 71.6 Å². The Hall–Kier alpha value is -3.25. The minimum absolute atomic E-state index is 0.0226. The molecule has 0 radical (unpaired) electrons. The largest absolute Gasteiger partial charge is 0.481 e. The number of aliphatic hydroxyl groups excluding tert-OH is 1. The van der Waals surface area contributed by atoms with Crippen molar-refractivity contribution in [2.24, 2.45) is 0 Å². The number of aliphatic hydroxyl groups is 1. The molecule has 44 heavy (non-hydrogen) atoms. The number of sulfonamides is 1. The van der Waals surface area contributed by atoms with E-state index in [1.54, 1.807) is 18.2 Å². The smallest absolute Gasteiger partial charge is 0.416 e. The van der Waals surface area contributed by atoms with E-state index in [4.69, 9.17) is 5.11 Å². The van der Waals surface area contributed by atoms with Gasteiger partial charge in [-0.15, -0.1) is 0 Å². The lowest BCUT2D eigenvalue weighted by Crippen LogP contribution is -2.47. The predicted molar refractivity (Wildman–Crippen MR) is 165 cm³/mol. The number of hydrogen-bond donors (Lipinski definition) is 3. The van der Waals surface area contributed by atoms with Crippen molar-refractivity contribution < 1.29 is 36.6 Å². The summed E-state index contributed by atoms with van der Waals surface area (Å²) in [6, 6.07) is 17.2. The lowest BCUT2D eigenvalue weighted by atomic mass is 9.93. The maximum Gasteiger partial charge on any atom is 0.416 e. The molecule has 1 atom stereocenters. The molecular formula is C33H41F3N2O5S. The SMILES string of the molecule is CC(C)c1ccc(CC(C)(C)NC[C@@H](O)CN(C)S(=O)(=O)c2cc(-c3cccc(CCC(=O)O)c3)cc(C(F)(F)F)c2)cc1. The molecule has 0 fully saturated rings. The summed E-state index contributed by atoms with van der Waals surface area (Å²) in [6.07, 6.45) is -5.27. The van der Waals surface area contributed by atoms with Crippen molar-refractivity contribution in [3.8, 4) is 11.1 Å². The number of nitrogens with zero attached hydrogens (tertiary/aromatic N) is 1. The summed E-state index contributed by atoms with van der Waals surface area (Å²) in [5, 5.41) is 22.9. The molecule has 0 saturated carbocycles. The third-order valence-electron chi connectivity index (χ3n) is 7.41. The Morgan fingerprint density at radius 2 is 1.61 bits per heavy atom. The lowest BCUT2D eigenvalue weighted by molar-refractivity contribution is -0.138. The minimum Gasteiger partial charge on any atom is -0.481 e. The van der Waals surface area contributed by atoms with E-state index in [1.165, 1.54) is 18.7 Å². The van der Waals surface area contributed by atoms with Crippen LogP contribution in [-0.2, 0) is 33.8 Å². The van der Waals surface area contributed by atoms with E-state index in [0.717, 1.165) is 22.0 Å². The van der Waals surface area contributed by atoms with E-state index in [9.17, 15) is 31.5 Å². The number of hydrogen-bond acceptors (Lipinski definition) is 5. The van der Waals surface area contributed by atoms with Gasteiger partial charge in [-0.3, -0.25) is 4.79 Å². The molecule has 3 rings (SSSR count). The number of aliphatic carboxylic acids is 1. The second-order valence-electron chi connectivity index (χ2n) is 12.1. The lowest BCUT2D eigenvalue weighted by Gasteiger charge is -2.29. The summed E-state index contributed by atoms with van der Waals surface area (Å²) in [7, 11) is -3.21. The van der Waals surface area contributed by atoms with Crippen LogP contribution in [-0.4, -0.2) is 60.7 Å². The number of benzene rings is 3. The van der Waals surface area contributed by atoms with Gasteiger partial charge in [0.15, 0.2) is 0 Å². The number of aryl methyl sites for hydroxylation is 1. The first kappa shape index (κ1) is 35.2. The van der Waals surface area contributed by atoms with Gasteiger partial charge in [0.25, 0.3) is 0 Å². The molecule has 0 aliphatic carbocycles. The van der Waals surface area contributed by atoms with Crippen LogP contribution in [0.25, 0.3) is 11.1 Å². The first-order valence-electron chi connectivity index (χ1n) is 14.4. The number of halogens is 3. The van der Waals surface area contributed by atoms with Crippen LogP contribution in [0.4, 0.5) is 13.2 Å². The molecule has 0 aromatic heterocycles. The van der Waals surface area contributed by atoms with Crippen LogP contribution >= 0.6 is 0 Å². The van der Waals surface area contributed by atoms with Crippen LogP contribution in [0, 0.1) is 0 Å². The van der Waals surface area contributed by atoms with Gasteiger partial charge in [0.2, 0.25) is 10.0 Å². The van der Waals surface area contributed by atoms with Crippen LogP contribution in [0.2, 0.25) is 0 Å². The van der Waals surface area contributed by atoms with E-state index < -0.39 is 44.3 Å². The average Bonchev–Trinajstić information content (AvgIpc) is 2.94. The molecule has 0 saturated heterocycles. The zero-order valence-electron chi connectivity index (χ0n) is 25.6. The summed E-state index contributed by atoms with van der Waals surface area (Å²) < 4.78 is 69.3. The molecule has 0 aliphatic heterocycles.